The van der Waals surface area contributed by atoms with Crippen LogP contribution < -0.4 is 5.73 Å². The number of nitrogens with zero attached hydrogens (tertiary/aromatic N) is 3. The number of non-ortho nitro benzene ring substituents is 1. The second kappa shape index (κ2) is 7.49. The highest BCUT2D eigenvalue weighted by atomic mass is 16.6. The first-order chi connectivity index (χ1) is 10.2. The van der Waals surface area contributed by atoms with Gasteiger partial charge in [0.25, 0.3) is 5.69 Å². The van der Waals surface area contributed by atoms with Gasteiger partial charge in [0, 0.05) is 24.1 Å². The Balaban J connectivity index is 1.91. The van der Waals surface area contributed by atoms with Crippen molar-refractivity contribution in [1.82, 2.24) is 10.1 Å². The largest absolute Gasteiger partial charge is 0.339 e. The Hall–Kier alpha value is -2.28. The predicted octanol–water partition coefficient (Wildman–Crippen LogP) is 2.71. The maximum atomic E-state index is 10.6. The molecule has 0 aliphatic heterocycles. The van der Waals surface area contributed by atoms with Crippen molar-refractivity contribution in [2.45, 2.75) is 32.1 Å². The minimum atomic E-state index is -0.438. The van der Waals surface area contributed by atoms with E-state index in [0.717, 1.165) is 38.6 Å². The lowest BCUT2D eigenvalue weighted by Gasteiger charge is -1.96. The van der Waals surface area contributed by atoms with Crippen molar-refractivity contribution in [3.05, 3.63) is 40.3 Å². The molecule has 0 aliphatic rings. The summed E-state index contributed by atoms with van der Waals surface area (Å²) in [5.41, 5.74) is 6.19. The van der Waals surface area contributed by atoms with Gasteiger partial charge in [0.2, 0.25) is 11.7 Å². The molecule has 0 atom stereocenters. The molecular formula is C14H18N4O3. The number of aryl methyl sites for hydroxylation is 1. The maximum absolute atomic E-state index is 10.6. The highest BCUT2D eigenvalue weighted by Crippen LogP contribution is 2.20. The fourth-order valence-electron chi connectivity index (χ4n) is 1.98. The Bertz CT molecular complexity index is 580. The molecule has 7 heteroatoms. The number of benzene rings is 1. The summed E-state index contributed by atoms with van der Waals surface area (Å²) in [4.78, 5) is 14.5. The third kappa shape index (κ3) is 4.35. The highest BCUT2D eigenvalue weighted by molar-refractivity contribution is 5.56. The number of unbranched alkanes of at least 4 members (excludes halogenated alkanes) is 3. The van der Waals surface area contributed by atoms with Gasteiger partial charge in [-0.05, 0) is 31.5 Å². The fraction of sp³-hybridized carbons (Fsp3) is 0.429. The lowest BCUT2D eigenvalue weighted by molar-refractivity contribution is -0.384. The Kier molecular flexibility index (Phi) is 5.39. The Morgan fingerprint density at radius 3 is 2.52 bits per heavy atom. The number of hydrogen-bond donors (Lipinski definition) is 1. The zero-order valence-corrected chi connectivity index (χ0v) is 11.7. The summed E-state index contributed by atoms with van der Waals surface area (Å²) in [6, 6.07) is 6.10. The molecule has 2 N–H and O–H groups in total. The zero-order valence-electron chi connectivity index (χ0n) is 11.7. The van der Waals surface area contributed by atoms with E-state index < -0.39 is 4.92 Å². The van der Waals surface area contributed by atoms with Gasteiger partial charge < -0.3 is 10.3 Å². The number of nitro groups is 1. The first-order valence-corrected chi connectivity index (χ1v) is 6.98. The first-order valence-electron chi connectivity index (χ1n) is 6.98. The van der Waals surface area contributed by atoms with Gasteiger partial charge in [-0.3, -0.25) is 10.1 Å². The first kappa shape index (κ1) is 15.1. The van der Waals surface area contributed by atoms with Crippen molar-refractivity contribution in [2.75, 3.05) is 6.54 Å². The summed E-state index contributed by atoms with van der Waals surface area (Å²) in [5.74, 6) is 1.05. The molecule has 0 amide bonds. The zero-order chi connectivity index (χ0) is 15.1. The van der Waals surface area contributed by atoms with Gasteiger partial charge in [-0.15, -0.1) is 0 Å². The van der Waals surface area contributed by atoms with E-state index >= 15 is 0 Å². The monoisotopic (exact) mass is 290 g/mol. The van der Waals surface area contributed by atoms with Gasteiger partial charge in [0.15, 0.2) is 0 Å². The molecule has 1 aromatic heterocycles. The Labute approximate surface area is 122 Å². The van der Waals surface area contributed by atoms with E-state index in [0.29, 0.717) is 17.3 Å². The van der Waals surface area contributed by atoms with Gasteiger partial charge in [-0.1, -0.05) is 18.0 Å². The third-order valence-corrected chi connectivity index (χ3v) is 3.15. The molecule has 2 rings (SSSR count). The second-order valence-corrected chi connectivity index (χ2v) is 4.77. The molecule has 2 aromatic rings. The number of nitrogens with two attached hydrogens (primary N) is 1. The maximum Gasteiger partial charge on any atom is 0.269 e. The third-order valence-electron chi connectivity index (χ3n) is 3.15. The van der Waals surface area contributed by atoms with Crippen LogP contribution in [-0.2, 0) is 6.42 Å². The van der Waals surface area contributed by atoms with Crippen LogP contribution in [0.2, 0.25) is 0 Å². The summed E-state index contributed by atoms with van der Waals surface area (Å²) in [5, 5.41) is 14.5. The standard InChI is InChI=1S/C14H18N4O3/c15-10-4-2-1-3-5-13-16-14(17-21-13)11-6-8-12(9-7-11)18(19)20/h6-9H,1-5,10,15H2. The summed E-state index contributed by atoms with van der Waals surface area (Å²) in [7, 11) is 0. The number of rotatable bonds is 8. The van der Waals surface area contributed by atoms with Crippen LogP contribution in [-0.4, -0.2) is 21.6 Å². The Morgan fingerprint density at radius 1 is 1.14 bits per heavy atom. The molecule has 1 heterocycles. The highest BCUT2D eigenvalue weighted by Gasteiger charge is 2.10. The van der Waals surface area contributed by atoms with Crippen LogP contribution in [0.25, 0.3) is 11.4 Å². The van der Waals surface area contributed by atoms with E-state index in [1.165, 1.54) is 12.1 Å². The van der Waals surface area contributed by atoms with Crippen molar-refractivity contribution in [3.8, 4) is 11.4 Å². The number of hydrogen-bond acceptors (Lipinski definition) is 6. The molecule has 0 saturated carbocycles. The smallest absolute Gasteiger partial charge is 0.269 e. The van der Waals surface area contributed by atoms with Gasteiger partial charge in [0.1, 0.15) is 0 Å². The van der Waals surface area contributed by atoms with Crippen LogP contribution in [0.3, 0.4) is 0 Å². The van der Waals surface area contributed by atoms with Gasteiger partial charge in [-0.25, -0.2) is 0 Å². The summed E-state index contributed by atoms with van der Waals surface area (Å²) < 4.78 is 5.18. The predicted molar refractivity (Wildman–Crippen MR) is 77.6 cm³/mol. The summed E-state index contributed by atoms with van der Waals surface area (Å²) in [6.07, 6.45) is 4.97. The van der Waals surface area contributed by atoms with Crippen LogP contribution in [0.1, 0.15) is 31.6 Å². The summed E-state index contributed by atoms with van der Waals surface area (Å²) >= 11 is 0. The molecule has 0 bridgehead atoms. The topological polar surface area (TPSA) is 108 Å². The van der Waals surface area contributed by atoms with E-state index in [1.807, 2.05) is 0 Å². The molecule has 1 aromatic carbocycles. The van der Waals surface area contributed by atoms with Crippen molar-refractivity contribution >= 4 is 5.69 Å². The molecule has 21 heavy (non-hydrogen) atoms. The molecule has 0 saturated heterocycles. The quantitative estimate of drug-likeness (QED) is 0.455. The van der Waals surface area contributed by atoms with Crippen LogP contribution in [0.5, 0.6) is 0 Å². The lowest BCUT2D eigenvalue weighted by Crippen LogP contribution is -1.97. The molecule has 7 nitrogen and oxygen atoms in total. The van der Waals surface area contributed by atoms with Crippen LogP contribution in [0, 0.1) is 10.1 Å². The van der Waals surface area contributed by atoms with Crippen molar-refractivity contribution in [2.24, 2.45) is 5.73 Å². The number of nitro benzene ring substituents is 1. The van der Waals surface area contributed by atoms with Crippen molar-refractivity contribution in [3.63, 3.8) is 0 Å². The normalized spacial score (nSPS) is 10.7. The second-order valence-electron chi connectivity index (χ2n) is 4.77. The van der Waals surface area contributed by atoms with E-state index in [2.05, 4.69) is 10.1 Å². The fourth-order valence-corrected chi connectivity index (χ4v) is 1.98. The van der Waals surface area contributed by atoms with Crippen molar-refractivity contribution < 1.29 is 9.45 Å². The van der Waals surface area contributed by atoms with E-state index in [4.69, 9.17) is 10.3 Å². The molecule has 0 unspecified atom stereocenters. The van der Waals surface area contributed by atoms with Crippen LogP contribution in [0.4, 0.5) is 5.69 Å². The number of aromatic nitrogens is 2. The molecule has 0 fully saturated rings. The molecule has 0 aliphatic carbocycles. The van der Waals surface area contributed by atoms with Gasteiger partial charge in [0.05, 0.1) is 4.92 Å². The Morgan fingerprint density at radius 2 is 1.86 bits per heavy atom. The van der Waals surface area contributed by atoms with Crippen LogP contribution >= 0.6 is 0 Å². The molecule has 0 radical (unpaired) electrons. The minimum absolute atomic E-state index is 0.0439. The lowest BCUT2D eigenvalue weighted by atomic mass is 10.1. The minimum Gasteiger partial charge on any atom is -0.339 e. The molecular weight excluding hydrogens is 272 g/mol. The average Bonchev–Trinajstić information content (AvgIpc) is 2.96. The van der Waals surface area contributed by atoms with E-state index in [1.54, 1.807) is 12.1 Å². The average molecular weight is 290 g/mol. The van der Waals surface area contributed by atoms with E-state index in [9.17, 15) is 10.1 Å². The van der Waals surface area contributed by atoms with E-state index in [-0.39, 0.29) is 5.69 Å². The summed E-state index contributed by atoms with van der Waals surface area (Å²) in [6.45, 7) is 0.727. The molecule has 112 valence electrons. The SMILES string of the molecule is NCCCCCCc1nc(-c2ccc([N+](=O)[O-])cc2)no1. The van der Waals surface area contributed by atoms with Crippen molar-refractivity contribution in [1.29, 1.82) is 0 Å². The molecule has 0 spiro atoms. The van der Waals surface area contributed by atoms with Gasteiger partial charge in [-0.2, -0.15) is 4.98 Å². The van der Waals surface area contributed by atoms with Gasteiger partial charge >= 0.3 is 0 Å². The van der Waals surface area contributed by atoms with Crippen LogP contribution in [0.15, 0.2) is 28.8 Å².